The maximum atomic E-state index is 12.4. The molecule has 2 aromatic rings. The normalized spacial score (nSPS) is 17.5. The number of amides is 3. The number of hydrogen-bond acceptors (Lipinski definition) is 8. The molecule has 3 heterocycles. The van der Waals surface area contributed by atoms with Crippen LogP contribution in [0.2, 0.25) is 0 Å². The molecule has 0 saturated carbocycles. The minimum Gasteiger partial charge on any atom is -0.361 e. The van der Waals surface area contributed by atoms with E-state index in [4.69, 9.17) is 10.3 Å². The summed E-state index contributed by atoms with van der Waals surface area (Å²) in [4.78, 5) is 33.2. The molecule has 1 saturated heterocycles. The summed E-state index contributed by atoms with van der Waals surface area (Å²) in [7, 11) is 0. The highest BCUT2D eigenvalue weighted by atomic mass is 16.5. The molecule has 1 fully saturated rings. The van der Waals surface area contributed by atoms with Gasteiger partial charge in [0.2, 0.25) is 5.89 Å². The van der Waals surface area contributed by atoms with Crippen molar-refractivity contribution in [1.29, 1.82) is 0 Å². The first-order chi connectivity index (χ1) is 12.4. The van der Waals surface area contributed by atoms with Crippen LogP contribution in [0.1, 0.15) is 66.7 Å². The van der Waals surface area contributed by atoms with Gasteiger partial charge in [-0.3, -0.25) is 4.79 Å². The third-order valence-corrected chi connectivity index (χ3v) is 4.11. The summed E-state index contributed by atoms with van der Waals surface area (Å²) in [5.41, 5.74) is 5.04. The molecule has 3 N–H and O–H groups in total. The van der Waals surface area contributed by atoms with Crippen LogP contribution in [-0.4, -0.2) is 50.2 Å². The highest BCUT2D eigenvalue weighted by Gasteiger charge is 2.29. The Labute approximate surface area is 149 Å². The number of carbonyl (C=O) groups excluding carboxylic acids is 2. The summed E-state index contributed by atoms with van der Waals surface area (Å²) in [6.45, 7) is 5.15. The molecular weight excluding hydrogens is 342 g/mol. The predicted octanol–water partition coefficient (Wildman–Crippen LogP) is 0.764. The fourth-order valence-corrected chi connectivity index (χ4v) is 2.70. The molecule has 11 nitrogen and oxygen atoms in total. The first-order valence-electron chi connectivity index (χ1n) is 8.42. The van der Waals surface area contributed by atoms with Crippen molar-refractivity contribution in [1.82, 2.24) is 30.5 Å². The lowest BCUT2D eigenvalue weighted by atomic mass is 9.98. The average molecular weight is 363 g/mol. The smallest absolute Gasteiger partial charge is 0.317 e. The maximum Gasteiger partial charge on any atom is 0.317 e. The Hall–Kier alpha value is -2.98. The van der Waals surface area contributed by atoms with Crippen molar-refractivity contribution in [2.45, 2.75) is 45.1 Å². The second-order valence-electron chi connectivity index (χ2n) is 6.47. The average Bonchev–Trinajstić information content (AvgIpc) is 3.29. The molecular formula is C15H21N7O4. The van der Waals surface area contributed by atoms with Gasteiger partial charge in [0.15, 0.2) is 11.6 Å². The minimum atomic E-state index is -0.811. The molecule has 26 heavy (non-hydrogen) atoms. The summed E-state index contributed by atoms with van der Waals surface area (Å²) in [6.07, 6.45) is 1.72. The van der Waals surface area contributed by atoms with Gasteiger partial charge in [-0.05, 0) is 12.8 Å². The van der Waals surface area contributed by atoms with Gasteiger partial charge in [-0.15, -0.1) is 0 Å². The number of primary amides is 1. The number of nitrogens with zero attached hydrogens (tertiary/aromatic N) is 5. The zero-order chi connectivity index (χ0) is 18.7. The standard InChI is InChI=1S/C15H21N7O4/c1-8(2)12-19-13(25-21-12)9-4-3-5-22(7-9)15(24)17-6-10-18-14(11(16)23)26-20-10/h8-9H,3-7H2,1-2H3,(H2,16,23)(H,17,24)/t9-/m0/s1. The van der Waals surface area contributed by atoms with Gasteiger partial charge in [-0.1, -0.05) is 24.2 Å². The Morgan fingerprint density at radius 3 is 2.77 bits per heavy atom. The molecule has 0 aromatic carbocycles. The zero-order valence-electron chi connectivity index (χ0n) is 14.6. The minimum absolute atomic E-state index is 0.0149. The van der Waals surface area contributed by atoms with E-state index in [0.29, 0.717) is 24.8 Å². The van der Waals surface area contributed by atoms with E-state index in [-0.39, 0.29) is 36.1 Å². The lowest BCUT2D eigenvalue weighted by Gasteiger charge is -2.30. The van der Waals surface area contributed by atoms with E-state index in [1.807, 2.05) is 13.8 Å². The molecule has 0 aliphatic carbocycles. The van der Waals surface area contributed by atoms with Gasteiger partial charge in [-0.2, -0.15) is 9.97 Å². The van der Waals surface area contributed by atoms with Crippen LogP contribution in [0.5, 0.6) is 0 Å². The van der Waals surface area contributed by atoms with Crippen molar-refractivity contribution in [3.63, 3.8) is 0 Å². The Balaban J connectivity index is 1.56. The molecule has 0 unspecified atom stereocenters. The van der Waals surface area contributed by atoms with Gasteiger partial charge in [0.25, 0.3) is 0 Å². The molecule has 11 heteroatoms. The number of nitrogens with one attached hydrogen (secondary N) is 1. The van der Waals surface area contributed by atoms with Crippen molar-refractivity contribution in [2.24, 2.45) is 5.73 Å². The summed E-state index contributed by atoms with van der Waals surface area (Å²) in [6, 6.07) is -0.260. The fourth-order valence-electron chi connectivity index (χ4n) is 2.70. The highest BCUT2D eigenvalue weighted by molar-refractivity contribution is 5.87. The van der Waals surface area contributed by atoms with Crippen LogP contribution >= 0.6 is 0 Å². The largest absolute Gasteiger partial charge is 0.361 e. The van der Waals surface area contributed by atoms with Crippen LogP contribution in [0.15, 0.2) is 9.05 Å². The van der Waals surface area contributed by atoms with Crippen LogP contribution < -0.4 is 11.1 Å². The third-order valence-electron chi connectivity index (χ3n) is 4.11. The number of urea groups is 1. The van der Waals surface area contributed by atoms with Gasteiger partial charge >= 0.3 is 17.8 Å². The van der Waals surface area contributed by atoms with Crippen molar-refractivity contribution in [3.05, 3.63) is 23.4 Å². The SMILES string of the molecule is CC(C)c1noc([C@H]2CCCN(C(=O)NCc3noc(C(N)=O)n3)C2)n1. The van der Waals surface area contributed by atoms with Crippen LogP contribution in [0.4, 0.5) is 4.79 Å². The number of rotatable bonds is 5. The van der Waals surface area contributed by atoms with E-state index >= 15 is 0 Å². The molecule has 2 aromatic heterocycles. The molecule has 0 spiro atoms. The van der Waals surface area contributed by atoms with Crippen molar-refractivity contribution in [3.8, 4) is 0 Å². The number of piperidine rings is 1. The number of aromatic nitrogens is 4. The van der Waals surface area contributed by atoms with E-state index in [2.05, 4.69) is 30.1 Å². The van der Waals surface area contributed by atoms with Gasteiger partial charge in [0.1, 0.15) is 0 Å². The summed E-state index contributed by atoms with van der Waals surface area (Å²) < 4.78 is 10.0. The fraction of sp³-hybridized carbons (Fsp3) is 0.600. The van der Waals surface area contributed by atoms with Gasteiger partial charge in [-0.25, -0.2) is 4.79 Å². The summed E-state index contributed by atoms with van der Waals surface area (Å²) in [5.74, 6) is 0.523. The van der Waals surface area contributed by atoms with Gasteiger partial charge in [0.05, 0.1) is 12.5 Å². The molecule has 1 atom stereocenters. The topological polar surface area (TPSA) is 153 Å². The van der Waals surface area contributed by atoms with Crippen LogP contribution in [0, 0.1) is 0 Å². The Bertz CT molecular complexity index is 785. The molecule has 3 rings (SSSR count). The van der Waals surface area contributed by atoms with Crippen molar-refractivity contribution in [2.75, 3.05) is 13.1 Å². The highest BCUT2D eigenvalue weighted by Crippen LogP contribution is 2.26. The van der Waals surface area contributed by atoms with E-state index in [1.54, 1.807) is 4.90 Å². The zero-order valence-corrected chi connectivity index (χ0v) is 14.6. The molecule has 1 aliphatic heterocycles. The van der Waals surface area contributed by atoms with Crippen molar-refractivity contribution >= 4 is 11.9 Å². The maximum absolute atomic E-state index is 12.4. The van der Waals surface area contributed by atoms with Crippen LogP contribution in [-0.2, 0) is 6.54 Å². The molecule has 3 amide bonds. The number of hydrogen-bond donors (Lipinski definition) is 2. The third kappa shape index (κ3) is 3.98. The molecule has 140 valence electrons. The second kappa shape index (κ2) is 7.50. The Kier molecular flexibility index (Phi) is 5.14. The van der Waals surface area contributed by atoms with E-state index in [1.165, 1.54) is 0 Å². The monoisotopic (exact) mass is 363 g/mol. The van der Waals surface area contributed by atoms with E-state index in [9.17, 15) is 9.59 Å². The first kappa shape index (κ1) is 17.8. The predicted molar refractivity (Wildman–Crippen MR) is 87.0 cm³/mol. The molecule has 0 radical (unpaired) electrons. The van der Waals surface area contributed by atoms with Crippen LogP contribution in [0.3, 0.4) is 0 Å². The van der Waals surface area contributed by atoms with Crippen molar-refractivity contribution < 1.29 is 18.6 Å². The lowest BCUT2D eigenvalue weighted by molar-refractivity contribution is 0.0958. The summed E-state index contributed by atoms with van der Waals surface area (Å²) >= 11 is 0. The summed E-state index contributed by atoms with van der Waals surface area (Å²) in [5, 5.41) is 10.3. The quantitative estimate of drug-likeness (QED) is 0.789. The molecule has 1 aliphatic rings. The lowest BCUT2D eigenvalue weighted by Crippen LogP contribution is -2.44. The van der Waals surface area contributed by atoms with E-state index in [0.717, 1.165) is 12.8 Å². The molecule has 0 bridgehead atoms. The Morgan fingerprint density at radius 1 is 1.31 bits per heavy atom. The number of nitrogens with two attached hydrogens (primary N) is 1. The second-order valence-corrected chi connectivity index (χ2v) is 6.47. The Morgan fingerprint density at radius 2 is 2.12 bits per heavy atom. The van der Waals surface area contributed by atoms with Gasteiger partial charge in [0, 0.05) is 19.0 Å². The van der Waals surface area contributed by atoms with Crippen LogP contribution in [0.25, 0.3) is 0 Å². The first-order valence-corrected chi connectivity index (χ1v) is 8.42. The number of carbonyl (C=O) groups is 2. The van der Waals surface area contributed by atoms with E-state index < -0.39 is 5.91 Å². The van der Waals surface area contributed by atoms with Gasteiger partial charge < -0.3 is 25.0 Å². The number of likely N-dealkylation sites (tertiary alicyclic amines) is 1.